The van der Waals surface area contributed by atoms with Crippen LogP contribution in [0.25, 0.3) is 10.9 Å². The lowest BCUT2D eigenvalue weighted by Crippen LogP contribution is -2.17. The molecule has 1 aromatic carbocycles. The second-order valence-corrected chi connectivity index (χ2v) is 5.41. The van der Waals surface area contributed by atoms with Gasteiger partial charge in [-0.25, -0.2) is 4.98 Å². The third-order valence-electron chi connectivity index (χ3n) is 3.61. The topological polar surface area (TPSA) is 48.7 Å². The van der Waals surface area contributed by atoms with Gasteiger partial charge in [0.15, 0.2) is 0 Å². The summed E-state index contributed by atoms with van der Waals surface area (Å²) in [5, 5.41) is 13.7. The molecule has 1 heterocycles. The minimum Gasteiger partial charge on any atom is -0.366 e. The Labute approximate surface area is 113 Å². The predicted octanol–water partition coefficient (Wildman–Crippen LogP) is 3.71. The van der Waals surface area contributed by atoms with E-state index in [1.165, 1.54) is 19.3 Å². The van der Waals surface area contributed by atoms with Crippen molar-refractivity contribution in [2.24, 2.45) is 5.92 Å². The summed E-state index contributed by atoms with van der Waals surface area (Å²) in [4.78, 5) is 4.58. The monoisotopic (exact) mass is 251 g/mol. The maximum absolute atomic E-state index is 9.26. The second-order valence-electron chi connectivity index (χ2n) is 5.41. The van der Waals surface area contributed by atoms with Gasteiger partial charge in [-0.3, -0.25) is 0 Å². The number of benzene rings is 1. The van der Waals surface area contributed by atoms with Crippen LogP contribution in [0, 0.1) is 17.2 Å². The molecular weight excluding hydrogens is 234 g/mol. The molecule has 1 aliphatic carbocycles. The first-order valence-corrected chi connectivity index (χ1v) is 6.82. The van der Waals surface area contributed by atoms with E-state index in [2.05, 4.69) is 23.3 Å². The van der Waals surface area contributed by atoms with Crippen molar-refractivity contribution in [3.05, 3.63) is 35.9 Å². The molecular formula is C16H17N3. The van der Waals surface area contributed by atoms with E-state index in [1.54, 1.807) is 0 Å². The summed E-state index contributed by atoms with van der Waals surface area (Å²) >= 11 is 0. The Kier molecular flexibility index (Phi) is 3.08. The molecule has 3 rings (SSSR count). The van der Waals surface area contributed by atoms with Crippen LogP contribution in [0.3, 0.4) is 0 Å². The highest BCUT2D eigenvalue weighted by Gasteiger charge is 2.24. The number of nitrogens with zero attached hydrogens (tertiary/aromatic N) is 2. The van der Waals surface area contributed by atoms with Crippen molar-refractivity contribution in [1.29, 1.82) is 5.26 Å². The van der Waals surface area contributed by atoms with Gasteiger partial charge in [0.05, 0.1) is 11.1 Å². The van der Waals surface area contributed by atoms with Gasteiger partial charge in [-0.2, -0.15) is 5.26 Å². The maximum atomic E-state index is 9.26. The molecule has 0 radical (unpaired) electrons. The number of fused-ring (bicyclic) bond motifs is 1. The molecule has 1 fully saturated rings. The first-order chi connectivity index (χ1) is 9.26. The molecule has 0 saturated heterocycles. The lowest BCUT2D eigenvalue weighted by atomic mass is 10.1. The van der Waals surface area contributed by atoms with Crippen molar-refractivity contribution < 1.29 is 0 Å². The minimum atomic E-state index is 0.369. The highest BCUT2D eigenvalue weighted by molar-refractivity contribution is 5.82. The van der Waals surface area contributed by atoms with E-state index in [1.807, 2.05) is 30.3 Å². The smallest absolute Gasteiger partial charge is 0.144 e. The number of anilines is 1. The van der Waals surface area contributed by atoms with Crippen molar-refractivity contribution in [3.63, 3.8) is 0 Å². The van der Waals surface area contributed by atoms with E-state index in [4.69, 9.17) is 0 Å². The van der Waals surface area contributed by atoms with Crippen LogP contribution in [-0.2, 0) is 0 Å². The van der Waals surface area contributed by atoms with Crippen LogP contribution in [-0.4, -0.2) is 11.0 Å². The van der Waals surface area contributed by atoms with E-state index in [0.717, 1.165) is 16.8 Å². The van der Waals surface area contributed by atoms with Crippen molar-refractivity contribution in [2.45, 2.75) is 32.2 Å². The number of hydrogen-bond acceptors (Lipinski definition) is 3. The highest BCUT2D eigenvalue weighted by atomic mass is 15.0. The summed E-state index contributed by atoms with van der Waals surface area (Å²) in [5.74, 6) is 1.59. The summed E-state index contributed by atoms with van der Waals surface area (Å²) in [6.45, 7) is 2.16. The summed E-state index contributed by atoms with van der Waals surface area (Å²) in [6, 6.07) is 12.4. The van der Waals surface area contributed by atoms with Gasteiger partial charge in [-0.1, -0.05) is 31.0 Å². The van der Waals surface area contributed by atoms with Gasteiger partial charge in [0.25, 0.3) is 0 Å². The van der Waals surface area contributed by atoms with E-state index in [0.29, 0.717) is 17.4 Å². The number of para-hydroxylation sites is 1. The molecule has 1 atom stereocenters. The zero-order chi connectivity index (χ0) is 13.2. The number of hydrogen-bond donors (Lipinski definition) is 1. The van der Waals surface area contributed by atoms with Gasteiger partial charge >= 0.3 is 0 Å². The fourth-order valence-electron chi connectivity index (χ4n) is 2.46. The average molecular weight is 251 g/mol. The Bertz CT molecular complexity index is 638. The molecule has 2 aromatic rings. The van der Waals surface area contributed by atoms with Crippen molar-refractivity contribution >= 4 is 16.7 Å². The molecule has 0 amide bonds. The average Bonchev–Trinajstić information content (AvgIpc) is 3.21. The maximum Gasteiger partial charge on any atom is 0.144 e. The third-order valence-corrected chi connectivity index (χ3v) is 3.61. The standard InChI is InChI=1S/C16H17N3/c1-11(8-12-6-7-12)18-16-14(10-17)9-13-4-2-3-5-15(13)19-16/h2-5,9,11-12H,6-8H2,1H3,(H,18,19). The summed E-state index contributed by atoms with van der Waals surface area (Å²) in [5.41, 5.74) is 1.56. The van der Waals surface area contributed by atoms with E-state index < -0.39 is 0 Å². The van der Waals surface area contributed by atoms with Crippen LogP contribution in [0.5, 0.6) is 0 Å². The Balaban J connectivity index is 1.89. The Morgan fingerprint density at radius 3 is 2.95 bits per heavy atom. The Morgan fingerprint density at radius 1 is 1.42 bits per heavy atom. The van der Waals surface area contributed by atoms with E-state index >= 15 is 0 Å². The van der Waals surface area contributed by atoms with Gasteiger partial charge in [-0.05, 0) is 31.4 Å². The summed E-state index contributed by atoms with van der Waals surface area (Å²) in [7, 11) is 0. The van der Waals surface area contributed by atoms with Crippen LogP contribution in [0.15, 0.2) is 30.3 Å². The van der Waals surface area contributed by atoms with Crippen molar-refractivity contribution in [3.8, 4) is 6.07 Å². The zero-order valence-electron chi connectivity index (χ0n) is 11.1. The second kappa shape index (κ2) is 4.89. The molecule has 1 N–H and O–H groups in total. The molecule has 96 valence electrons. The lowest BCUT2D eigenvalue weighted by molar-refractivity contribution is 0.640. The molecule has 1 aromatic heterocycles. The van der Waals surface area contributed by atoms with Gasteiger partial charge < -0.3 is 5.32 Å². The lowest BCUT2D eigenvalue weighted by Gasteiger charge is -2.15. The molecule has 3 nitrogen and oxygen atoms in total. The summed E-state index contributed by atoms with van der Waals surface area (Å²) in [6.07, 6.45) is 3.87. The van der Waals surface area contributed by atoms with Gasteiger partial charge in [-0.15, -0.1) is 0 Å². The Hall–Kier alpha value is -2.08. The number of pyridine rings is 1. The quantitative estimate of drug-likeness (QED) is 0.901. The van der Waals surface area contributed by atoms with Gasteiger partial charge in [0, 0.05) is 11.4 Å². The molecule has 1 aliphatic rings. The third kappa shape index (κ3) is 2.68. The van der Waals surface area contributed by atoms with Gasteiger partial charge in [0.2, 0.25) is 0 Å². The molecule has 3 heteroatoms. The van der Waals surface area contributed by atoms with Crippen LogP contribution in [0.2, 0.25) is 0 Å². The molecule has 19 heavy (non-hydrogen) atoms. The zero-order valence-corrected chi connectivity index (χ0v) is 11.1. The first-order valence-electron chi connectivity index (χ1n) is 6.82. The SMILES string of the molecule is CC(CC1CC1)Nc1nc2ccccc2cc1C#N. The number of aromatic nitrogens is 1. The van der Waals surface area contributed by atoms with E-state index in [9.17, 15) is 5.26 Å². The minimum absolute atomic E-state index is 0.369. The van der Waals surface area contributed by atoms with Crippen molar-refractivity contribution in [2.75, 3.05) is 5.32 Å². The van der Waals surface area contributed by atoms with E-state index in [-0.39, 0.29) is 0 Å². The Morgan fingerprint density at radius 2 is 2.21 bits per heavy atom. The van der Waals surface area contributed by atoms with Crippen LogP contribution < -0.4 is 5.32 Å². The van der Waals surface area contributed by atoms with Crippen molar-refractivity contribution in [1.82, 2.24) is 4.98 Å². The highest BCUT2D eigenvalue weighted by Crippen LogP contribution is 2.34. The summed E-state index contributed by atoms with van der Waals surface area (Å²) < 4.78 is 0. The van der Waals surface area contributed by atoms with Crippen LogP contribution in [0.4, 0.5) is 5.82 Å². The molecule has 1 unspecified atom stereocenters. The fourth-order valence-corrected chi connectivity index (χ4v) is 2.46. The molecule has 0 spiro atoms. The predicted molar refractivity (Wildman–Crippen MR) is 76.9 cm³/mol. The van der Waals surface area contributed by atoms with Gasteiger partial charge in [0.1, 0.15) is 11.9 Å². The number of rotatable bonds is 4. The molecule has 0 bridgehead atoms. The van der Waals surface area contributed by atoms with Crippen LogP contribution in [0.1, 0.15) is 31.7 Å². The first kappa shape index (κ1) is 12.0. The molecule has 0 aliphatic heterocycles. The largest absolute Gasteiger partial charge is 0.366 e. The number of nitriles is 1. The molecule has 1 saturated carbocycles. The fraction of sp³-hybridized carbons (Fsp3) is 0.375. The normalized spacial score (nSPS) is 16.0. The van der Waals surface area contributed by atoms with Crippen LogP contribution >= 0.6 is 0 Å². The number of nitrogens with one attached hydrogen (secondary N) is 1.